The van der Waals surface area contributed by atoms with Crippen molar-refractivity contribution < 1.29 is 31.8 Å². The van der Waals surface area contributed by atoms with Crippen molar-refractivity contribution in [3.8, 4) is 17.6 Å². The van der Waals surface area contributed by atoms with Crippen LogP contribution in [-0.2, 0) is 0 Å². The van der Waals surface area contributed by atoms with Crippen LogP contribution in [0.5, 0.6) is 5.75 Å². The largest absolute Gasteiger partial charge is 0.492 e. The molecule has 98 valence electrons. The minimum absolute atomic E-state index is 0.292. The lowest BCUT2D eigenvalue weighted by molar-refractivity contribution is -0.184. The average Bonchev–Trinajstić information content (AvgIpc) is 2.29. The fourth-order valence-electron chi connectivity index (χ4n) is 1.06. The van der Waals surface area contributed by atoms with Gasteiger partial charge in [-0.25, -0.2) is 4.39 Å². The van der Waals surface area contributed by atoms with Gasteiger partial charge in [0.15, 0.2) is 11.6 Å². The number of hydrogen-bond acceptors (Lipinski definition) is 2. The molecule has 1 rings (SSSR count). The van der Waals surface area contributed by atoms with E-state index in [4.69, 9.17) is 5.11 Å². The first-order chi connectivity index (χ1) is 8.27. The summed E-state index contributed by atoms with van der Waals surface area (Å²) in [5, 5.41) is 8.63. The van der Waals surface area contributed by atoms with Crippen molar-refractivity contribution in [2.45, 2.75) is 12.3 Å². The molecule has 0 saturated heterocycles. The van der Waals surface area contributed by atoms with Crippen LogP contribution in [0.1, 0.15) is 5.56 Å². The summed E-state index contributed by atoms with van der Waals surface area (Å²) in [5.74, 6) is 0.175. The molecule has 1 aromatic rings. The van der Waals surface area contributed by atoms with Crippen LogP contribution in [0.3, 0.4) is 0 Å². The fourth-order valence-corrected chi connectivity index (χ4v) is 1.06. The maximum absolute atomic E-state index is 13.2. The number of ether oxygens (including phenoxy) is 1. The predicted octanol–water partition coefficient (Wildman–Crippen LogP) is 2.25. The fraction of sp³-hybridized carbons (Fsp3) is 0.273. The van der Waals surface area contributed by atoms with Crippen molar-refractivity contribution in [3.05, 3.63) is 29.3 Å². The van der Waals surface area contributed by atoms with E-state index in [0.717, 1.165) is 13.2 Å². The van der Waals surface area contributed by atoms with Crippen LogP contribution in [-0.4, -0.2) is 24.5 Å². The first-order valence-electron chi connectivity index (χ1n) is 4.55. The minimum Gasteiger partial charge on any atom is -0.492 e. The molecule has 0 radical (unpaired) electrons. The molecule has 1 atom stereocenters. The highest BCUT2D eigenvalue weighted by atomic mass is 19.4. The van der Waals surface area contributed by atoms with Crippen molar-refractivity contribution in [2.24, 2.45) is 0 Å². The molecule has 0 saturated carbocycles. The number of aliphatic hydroxyl groups is 1. The average molecular weight is 266 g/mol. The van der Waals surface area contributed by atoms with Crippen LogP contribution in [0.15, 0.2) is 12.1 Å². The normalized spacial score (nSPS) is 12.6. The summed E-state index contributed by atoms with van der Waals surface area (Å²) >= 11 is 0. The van der Waals surface area contributed by atoms with Crippen LogP contribution in [0.4, 0.5) is 22.0 Å². The minimum atomic E-state index is -4.90. The summed E-state index contributed by atoms with van der Waals surface area (Å²) < 4.78 is 66.3. The van der Waals surface area contributed by atoms with Gasteiger partial charge < -0.3 is 9.84 Å². The van der Waals surface area contributed by atoms with Crippen LogP contribution in [0.25, 0.3) is 0 Å². The molecule has 7 heteroatoms. The third-order valence-corrected chi connectivity index (χ3v) is 1.91. The van der Waals surface area contributed by atoms with E-state index >= 15 is 0 Å². The standard InChI is InChI=1S/C11H7F5O2/c1-18-10-6(2-4-7(12)9(10)13)3-5-8(17)11(14,15)16/h2,4,8,17H,1H3/t8-/m1/s1. The first kappa shape index (κ1) is 14.3. The maximum Gasteiger partial charge on any atom is 0.425 e. The molecule has 0 unspecified atom stereocenters. The van der Waals surface area contributed by atoms with E-state index in [2.05, 4.69) is 4.74 Å². The second kappa shape index (κ2) is 5.23. The molecule has 0 heterocycles. The van der Waals surface area contributed by atoms with Gasteiger partial charge in [-0.15, -0.1) is 0 Å². The summed E-state index contributed by atoms with van der Waals surface area (Å²) in [6, 6.07) is 1.65. The van der Waals surface area contributed by atoms with Crippen molar-refractivity contribution in [2.75, 3.05) is 7.11 Å². The van der Waals surface area contributed by atoms with Crippen molar-refractivity contribution in [1.82, 2.24) is 0 Å². The predicted molar refractivity (Wildman–Crippen MR) is 51.8 cm³/mol. The molecule has 0 aliphatic carbocycles. The number of hydrogen-bond donors (Lipinski definition) is 1. The summed E-state index contributed by atoms with van der Waals surface area (Å²) in [4.78, 5) is 0. The number of benzene rings is 1. The Labute approximate surface area is 99.0 Å². The maximum atomic E-state index is 13.2. The van der Waals surface area contributed by atoms with Crippen LogP contribution < -0.4 is 4.74 Å². The van der Waals surface area contributed by atoms with E-state index in [0.29, 0.717) is 6.07 Å². The third kappa shape index (κ3) is 3.11. The van der Waals surface area contributed by atoms with Gasteiger partial charge in [-0.05, 0) is 12.1 Å². The van der Waals surface area contributed by atoms with Gasteiger partial charge in [0.1, 0.15) is 0 Å². The van der Waals surface area contributed by atoms with Crippen LogP contribution >= 0.6 is 0 Å². The molecule has 0 amide bonds. The Morgan fingerprint density at radius 1 is 1.28 bits per heavy atom. The van der Waals surface area contributed by atoms with Gasteiger partial charge >= 0.3 is 6.18 Å². The lowest BCUT2D eigenvalue weighted by atomic mass is 10.1. The van der Waals surface area contributed by atoms with Gasteiger partial charge in [-0.3, -0.25) is 0 Å². The van der Waals surface area contributed by atoms with Crippen molar-refractivity contribution in [1.29, 1.82) is 0 Å². The second-order valence-corrected chi connectivity index (χ2v) is 3.16. The topological polar surface area (TPSA) is 29.5 Å². The molecule has 18 heavy (non-hydrogen) atoms. The zero-order chi connectivity index (χ0) is 13.9. The van der Waals surface area contributed by atoms with Crippen LogP contribution in [0, 0.1) is 23.5 Å². The number of methoxy groups -OCH3 is 1. The zero-order valence-electron chi connectivity index (χ0n) is 8.98. The Morgan fingerprint density at radius 2 is 1.89 bits per heavy atom. The molecule has 0 aliphatic heterocycles. The quantitative estimate of drug-likeness (QED) is 0.624. The molecule has 1 aromatic carbocycles. The highest BCUT2D eigenvalue weighted by molar-refractivity contribution is 5.47. The molecule has 0 spiro atoms. The highest BCUT2D eigenvalue weighted by Gasteiger charge is 2.37. The SMILES string of the molecule is COc1c(C#C[C@@H](O)C(F)(F)F)ccc(F)c1F. The number of rotatable bonds is 1. The van der Waals surface area contributed by atoms with E-state index < -0.39 is 29.7 Å². The summed E-state index contributed by atoms with van der Waals surface area (Å²) in [6.45, 7) is 0. The molecule has 1 N–H and O–H groups in total. The number of aliphatic hydroxyl groups excluding tert-OH is 1. The van der Waals surface area contributed by atoms with Gasteiger partial charge in [-0.2, -0.15) is 17.6 Å². The van der Waals surface area contributed by atoms with E-state index in [-0.39, 0.29) is 5.56 Å². The third-order valence-electron chi connectivity index (χ3n) is 1.91. The summed E-state index contributed by atoms with van der Waals surface area (Å²) in [5.41, 5.74) is -0.292. The molecule has 0 aromatic heterocycles. The lowest BCUT2D eigenvalue weighted by Crippen LogP contribution is -2.26. The van der Waals surface area contributed by atoms with E-state index in [1.54, 1.807) is 0 Å². The smallest absolute Gasteiger partial charge is 0.425 e. The van der Waals surface area contributed by atoms with E-state index in [9.17, 15) is 22.0 Å². The Balaban J connectivity index is 3.14. The number of alkyl halides is 3. The second-order valence-electron chi connectivity index (χ2n) is 3.16. The van der Waals surface area contributed by atoms with Gasteiger partial charge in [0.25, 0.3) is 0 Å². The molecule has 2 nitrogen and oxygen atoms in total. The molecular formula is C11H7F5O2. The van der Waals surface area contributed by atoms with Gasteiger partial charge in [0, 0.05) is 0 Å². The Morgan fingerprint density at radius 3 is 2.39 bits per heavy atom. The zero-order valence-corrected chi connectivity index (χ0v) is 8.98. The van der Waals surface area contributed by atoms with Crippen molar-refractivity contribution in [3.63, 3.8) is 0 Å². The Bertz CT molecular complexity index is 499. The number of halogens is 5. The lowest BCUT2D eigenvalue weighted by Gasteiger charge is -2.08. The van der Waals surface area contributed by atoms with Gasteiger partial charge in [-0.1, -0.05) is 11.8 Å². The summed E-state index contributed by atoms with van der Waals surface area (Å²) in [6.07, 6.45) is -7.77. The molecule has 0 bridgehead atoms. The summed E-state index contributed by atoms with van der Waals surface area (Å²) in [7, 11) is 1.02. The monoisotopic (exact) mass is 266 g/mol. The first-order valence-corrected chi connectivity index (χ1v) is 4.55. The van der Waals surface area contributed by atoms with Gasteiger partial charge in [0.2, 0.25) is 11.9 Å². The van der Waals surface area contributed by atoms with Gasteiger partial charge in [0.05, 0.1) is 12.7 Å². The Hall–Kier alpha value is -1.81. The highest BCUT2D eigenvalue weighted by Crippen LogP contribution is 2.24. The Kier molecular flexibility index (Phi) is 4.14. The molecular weight excluding hydrogens is 259 g/mol. The van der Waals surface area contributed by atoms with E-state index in [1.807, 2.05) is 5.92 Å². The molecule has 0 aliphatic rings. The van der Waals surface area contributed by atoms with Crippen molar-refractivity contribution >= 4 is 0 Å². The molecule has 0 fully saturated rings. The van der Waals surface area contributed by atoms with E-state index in [1.165, 1.54) is 5.92 Å². The van der Waals surface area contributed by atoms with Crippen LogP contribution in [0.2, 0.25) is 0 Å².